The van der Waals surface area contributed by atoms with E-state index in [-0.39, 0.29) is 41.2 Å². The number of nitrogens with one attached hydrogen (secondary N) is 3. The molecule has 8 nitrogen and oxygen atoms in total. The first-order chi connectivity index (χ1) is 14.3. The molecule has 1 fully saturated rings. The topological polar surface area (TPSA) is 107 Å². The van der Waals surface area contributed by atoms with Gasteiger partial charge >= 0.3 is 0 Å². The fraction of sp³-hybridized carbons (Fsp3) is 0.455. The number of hydrogen-bond acceptors (Lipinski definition) is 5. The minimum Gasteiger partial charge on any atom is -0.340 e. The van der Waals surface area contributed by atoms with Crippen LogP contribution in [0, 0.1) is 13.8 Å². The largest absolute Gasteiger partial charge is 0.340 e. The van der Waals surface area contributed by atoms with Crippen LogP contribution in [0.5, 0.6) is 0 Å². The second kappa shape index (κ2) is 7.93. The van der Waals surface area contributed by atoms with E-state index in [4.69, 9.17) is 0 Å². The number of aryl methyl sites for hydroxylation is 2. The van der Waals surface area contributed by atoms with Crippen LogP contribution in [0.25, 0.3) is 0 Å². The monoisotopic (exact) mass is 409 g/mol. The number of anilines is 3. The van der Waals surface area contributed by atoms with Gasteiger partial charge in [-0.05, 0) is 63.3 Å². The van der Waals surface area contributed by atoms with E-state index in [2.05, 4.69) is 32.4 Å². The maximum absolute atomic E-state index is 13.0. The first-order valence-electron chi connectivity index (χ1n) is 10.4. The zero-order valence-corrected chi connectivity index (χ0v) is 17.5. The van der Waals surface area contributed by atoms with Crippen LogP contribution in [0.4, 0.5) is 17.5 Å². The second-order valence-electron chi connectivity index (χ2n) is 8.28. The van der Waals surface area contributed by atoms with Gasteiger partial charge in [0.25, 0.3) is 5.56 Å². The lowest BCUT2D eigenvalue weighted by molar-refractivity contribution is -0.123. The molecule has 2 amide bonds. The Kier molecular flexibility index (Phi) is 5.32. The zero-order valence-electron chi connectivity index (χ0n) is 17.5. The molecular formula is C22H27N5O3. The maximum Gasteiger partial charge on any atom is 0.258 e. The summed E-state index contributed by atoms with van der Waals surface area (Å²) in [6, 6.07) is 5.86. The Hall–Kier alpha value is -3.16. The number of fused-ring (bicyclic) bond motifs is 1. The Morgan fingerprint density at radius 2 is 2.00 bits per heavy atom. The Morgan fingerprint density at radius 1 is 1.20 bits per heavy atom. The third-order valence-electron chi connectivity index (χ3n) is 6.10. The normalized spacial score (nSPS) is 21.0. The van der Waals surface area contributed by atoms with Gasteiger partial charge in [0.1, 0.15) is 5.82 Å². The van der Waals surface area contributed by atoms with Crippen LogP contribution in [0.2, 0.25) is 0 Å². The fourth-order valence-electron chi connectivity index (χ4n) is 4.18. The third-order valence-corrected chi connectivity index (χ3v) is 6.10. The summed E-state index contributed by atoms with van der Waals surface area (Å²) in [5, 5.41) is 5.53. The zero-order chi connectivity index (χ0) is 21.4. The summed E-state index contributed by atoms with van der Waals surface area (Å²) in [7, 11) is 0. The van der Waals surface area contributed by atoms with E-state index in [0.717, 1.165) is 36.9 Å². The Balaban J connectivity index is 1.65. The number of H-pyrrole nitrogens is 1. The highest BCUT2D eigenvalue weighted by Gasteiger charge is 2.35. The van der Waals surface area contributed by atoms with Gasteiger partial charge in [-0.15, -0.1) is 0 Å². The summed E-state index contributed by atoms with van der Waals surface area (Å²) in [4.78, 5) is 47.6. The lowest BCUT2D eigenvalue weighted by Gasteiger charge is -2.34. The molecule has 0 unspecified atom stereocenters. The van der Waals surface area contributed by atoms with Crippen molar-refractivity contribution in [2.75, 3.05) is 22.1 Å². The van der Waals surface area contributed by atoms with Crippen molar-refractivity contribution in [3.05, 3.63) is 45.2 Å². The summed E-state index contributed by atoms with van der Waals surface area (Å²) in [5.41, 5.74) is 2.64. The average Bonchev–Trinajstić information content (AvgIpc) is 2.70. The molecule has 3 N–H and O–H groups in total. The second-order valence-corrected chi connectivity index (χ2v) is 8.28. The highest BCUT2D eigenvalue weighted by molar-refractivity contribution is 6.04. The van der Waals surface area contributed by atoms with E-state index in [1.54, 1.807) is 0 Å². The van der Waals surface area contributed by atoms with Crippen molar-refractivity contribution >= 4 is 29.3 Å². The van der Waals surface area contributed by atoms with Crippen molar-refractivity contribution in [2.24, 2.45) is 0 Å². The lowest BCUT2D eigenvalue weighted by atomic mass is 9.92. The molecule has 0 saturated carbocycles. The molecule has 2 aromatic rings. The van der Waals surface area contributed by atoms with Gasteiger partial charge in [-0.25, -0.2) is 0 Å². The third kappa shape index (κ3) is 3.81. The fourth-order valence-corrected chi connectivity index (χ4v) is 4.18. The van der Waals surface area contributed by atoms with E-state index >= 15 is 0 Å². The van der Waals surface area contributed by atoms with Gasteiger partial charge < -0.3 is 15.5 Å². The summed E-state index contributed by atoms with van der Waals surface area (Å²) in [6.07, 6.45) is 3.10. The molecule has 0 radical (unpaired) electrons. The number of piperidine rings is 1. The molecule has 158 valence electrons. The first-order valence-corrected chi connectivity index (χ1v) is 10.4. The van der Waals surface area contributed by atoms with Crippen LogP contribution >= 0.6 is 0 Å². The number of aromatic nitrogens is 2. The minimum absolute atomic E-state index is 0.0894. The van der Waals surface area contributed by atoms with Gasteiger partial charge in [-0.3, -0.25) is 19.4 Å². The smallest absolute Gasteiger partial charge is 0.258 e. The molecule has 3 heterocycles. The number of carbonyl (C=O) groups excluding carboxylic acids is 2. The lowest BCUT2D eigenvalue weighted by Crippen LogP contribution is -2.42. The highest BCUT2D eigenvalue weighted by Crippen LogP contribution is 2.31. The SMILES string of the molecule is Cc1ccc(NC(=O)[C@H]2CC(=O)Nc3nc(N4CCCC[C@@H]4C)[nH]c(=O)c32)cc1C. The summed E-state index contributed by atoms with van der Waals surface area (Å²) < 4.78 is 0. The predicted molar refractivity (Wildman–Crippen MR) is 116 cm³/mol. The first kappa shape index (κ1) is 20.1. The van der Waals surface area contributed by atoms with Crippen molar-refractivity contribution in [3.8, 4) is 0 Å². The van der Waals surface area contributed by atoms with Crippen molar-refractivity contribution in [3.63, 3.8) is 0 Å². The van der Waals surface area contributed by atoms with E-state index in [1.807, 2.05) is 32.0 Å². The molecule has 0 spiro atoms. The molecule has 1 saturated heterocycles. The number of carbonyl (C=O) groups is 2. The molecule has 8 heteroatoms. The molecule has 2 aliphatic rings. The molecular weight excluding hydrogens is 382 g/mol. The number of nitrogens with zero attached hydrogens (tertiary/aromatic N) is 2. The predicted octanol–water partition coefficient (Wildman–Crippen LogP) is 2.83. The van der Waals surface area contributed by atoms with Gasteiger partial charge in [0.05, 0.1) is 11.5 Å². The number of aromatic amines is 1. The molecule has 2 atom stereocenters. The molecule has 30 heavy (non-hydrogen) atoms. The number of hydrogen-bond donors (Lipinski definition) is 3. The molecule has 0 bridgehead atoms. The van der Waals surface area contributed by atoms with Gasteiger partial charge in [-0.2, -0.15) is 4.98 Å². The van der Waals surface area contributed by atoms with Gasteiger partial charge in [0.2, 0.25) is 17.8 Å². The maximum atomic E-state index is 13.0. The standard InChI is InChI=1S/C22H27N5O3/c1-12-7-8-15(10-13(12)2)23-20(29)16-11-17(28)24-19-18(16)21(30)26-22(25-19)27-9-5-4-6-14(27)3/h7-8,10,14,16H,4-6,9,11H2,1-3H3,(H,23,29)(H2,24,25,26,28,30)/t14-,16-/m0/s1. The van der Waals surface area contributed by atoms with Gasteiger partial charge in [0, 0.05) is 24.7 Å². The molecule has 1 aromatic heterocycles. The quantitative estimate of drug-likeness (QED) is 0.723. The van der Waals surface area contributed by atoms with Crippen LogP contribution < -0.4 is 21.1 Å². The van der Waals surface area contributed by atoms with Gasteiger partial charge in [0.15, 0.2) is 0 Å². The van der Waals surface area contributed by atoms with E-state index < -0.39 is 5.92 Å². The Labute approximate surface area is 175 Å². The van der Waals surface area contributed by atoms with E-state index in [1.165, 1.54) is 0 Å². The highest BCUT2D eigenvalue weighted by atomic mass is 16.2. The van der Waals surface area contributed by atoms with Crippen LogP contribution in [0.15, 0.2) is 23.0 Å². The van der Waals surface area contributed by atoms with Crippen LogP contribution in [0.3, 0.4) is 0 Å². The van der Waals surface area contributed by atoms with Crippen molar-refractivity contribution in [2.45, 2.75) is 58.4 Å². The number of benzene rings is 1. The van der Waals surface area contributed by atoms with Crippen molar-refractivity contribution < 1.29 is 9.59 Å². The average molecular weight is 409 g/mol. The Morgan fingerprint density at radius 3 is 2.73 bits per heavy atom. The number of rotatable bonds is 3. The molecule has 0 aliphatic carbocycles. The summed E-state index contributed by atoms with van der Waals surface area (Å²) in [6.45, 7) is 6.85. The van der Waals surface area contributed by atoms with Gasteiger partial charge in [-0.1, -0.05) is 6.07 Å². The molecule has 2 aliphatic heterocycles. The molecule has 1 aromatic carbocycles. The minimum atomic E-state index is -0.889. The van der Waals surface area contributed by atoms with Crippen molar-refractivity contribution in [1.82, 2.24) is 9.97 Å². The van der Waals surface area contributed by atoms with Crippen LogP contribution in [0.1, 0.15) is 55.2 Å². The summed E-state index contributed by atoms with van der Waals surface area (Å²) in [5.74, 6) is -0.969. The van der Waals surface area contributed by atoms with E-state index in [9.17, 15) is 14.4 Å². The summed E-state index contributed by atoms with van der Waals surface area (Å²) >= 11 is 0. The van der Waals surface area contributed by atoms with E-state index in [0.29, 0.717) is 11.6 Å². The molecule has 4 rings (SSSR count). The Bertz CT molecular complexity index is 1060. The number of amides is 2. The van der Waals surface area contributed by atoms with Crippen LogP contribution in [-0.2, 0) is 9.59 Å². The van der Waals surface area contributed by atoms with Crippen LogP contribution in [-0.4, -0.2) is 34.4 Å². The van der Waals surface area contributed by atoms with Crippen molar-refractivity contribution in [1.29, 1.82) is 0 Å².